The number of aromatic nitrogens is 2. The molecule has 2 heterocycles. The fraction of sp³-hybridized carbons (Fsp3) is 0. The molecule has 0 spiro atoms. The predicted molar refractivity (Wildman–Crippen MR) is 108 cm³/mol. The van der Waals surface area contributed by atoms with Crippen LogP contribution in [0.2, 0.25) is 0 Å². The van der Waals surface area contributed by atoms with Crippen LogP contribution in [0.15, 0.2) is 97.6 Å². The first kappa shape index (κ1) is 14.8. The number of hydrogen-bond donors (Lipinski definition) is 0. The van der Waals surface area contributed by atoms with Crippen LogP contribution >= 0.6 is 0 Å². The van der Waals surface area contributed by atoms with Crippen molar-refractivity contribution >= 4 is 21.5 Å². The summed E-state index contributed by atoms with van der Waals surface area (Å²) in [6, 6.07) is 25.8. The lowest BCUT2D eigenvalue weighted by Gasteiger charge is -2.08. The Balaban J connectivity index is 1.65. The van der Waals surface area contributed by atoms with Gasteiger partial charge < -0.3 is 0 Å². The monoisotopic (exact) mass is 332 g/mol. The van der Waals surface area contributed by atoms with Crippen LogP contribution in [0.4, 0.5) is 0 Å². The van der Waals surface area contributed by atoms with Crippen molar-refractivity contribution in [2.24, 2.45) is 0 Å². The largest absolute Gasteiger partial charge is 0.264 e. The van der Waals surface area contributed by atoms with Crippen molar-refractivity contribution < 1.29 is 0 Å². The fourth-order valence-corrected chi connectivity index (χ4v) is 3.42. The van der Waals surface area contributed by atoms with Gasteiger partial charge in [0.25, 0.3) is 0 Å². The quantitative estimate of drug-likeness (QED) is 0.364. The van der Waals surface area contributed by atoms with Crippen LogP contribution < -0.4 is 0 Å². The molecule has 2 heteroatoms. The molecule has 122 valence electrons. The molecule has 0 radical (unpaired) electrons. The molecule has 0 unspecified atom stereocenters. The fourth-order valence-electron chi connectivity index (χ4n) is 3.42. The van der Waals surface area contributed by atoms with E-state index in [9.17, 15) is 0 Å². The summed E-state index contributed by atoms with van der Waals surface area (Å²) in [6.45, 7) is 0. The van der Waals surface area contributed by atoms with Crippen LogP contribution in [0.5, 0.6) is 0 Å². The first-order chi connectivity index (χ1) is 12.9. The summed E-state index contributed by atoms with van der Waals surface area (Å²) in [5, 5.41) is 4.97. The van der Waals surface area contributed by atoms with E-state index in [0.29, 0.717) is 0 Å². The molecule has 0 amide bonds. The lowest BCUT2D eigenvalue weighted by atomic mass is 9.97. The van der Waals surface area contributed by atoms with Gasteiger partial charge in [-0.05, 0) is 69.1 Å². The van der Waals surface area contributed by atoms with E-state index in [1.165, 1.54) is 32.7 Å². The maximum Gasteiger partial charge on any atom is 0.0346 e. The number of benzene rings is 3. The molecule has 0 aliphatic rings. The second kappa shape index (κ2) is 6.08. The molecule has 0 fully saturated rings. The lowest BCUT2D eigenvalue weighted by Crippen LogP contribution is -1.83. The van der Waals surface area contributed by atoms with Crippen molar-refractivity contribution in [2.45, 2.75) is 0 Å². The molecule has 0 aliphatic carbocycles. The third kappa shape index (κ3) is 2.62. The zero-order valence-corrected chi connectivity index (χ0v) is 14.1. The standard InChI is InChI=1S/C24H16N2/c1-3-21(15-25-9-1)17-5-7-19-14-24-12-18(22-4-2-10-26-16-22)6-8-20(24)13-23(19)11-17/h1-16H. The number of nitrogens with zero attached hydrogens (tertiary/aromatic N) is 2. The topological polar surface area (TPSA) is 25.8 Å². The van der Waals surface area contributed by atoms with E-state index in [1.54, 1.807) is 12.4 Å². The summed E-state index contributed by atoms with van der Waals surface area (Å²) in [5.41, 5.74) is 4.66. The first-order valence-corrected chi connectivity index (χ1v) is 8.65. The molecule has 5 rings (SSSR count). The van der Waals surface area contributed by atoms with Crippen molar-refractivity contribution in [1.29, 1.82) is 0 Å². The smallest absolute Gasteiger partial charge is 0.0346 e. The van der Waals surface area contributed by atoms with Gasteiger partial charge in [-0.2, -0.15) is 0 Å². The number of fused-ring (bicyclic) bond motifs is 2. The van der Waals surface area contributed by atoms with Crippen LogP contribution in [0.3, 0.4) is 0 Å². The Morgan fingerprint density at radius 2 is 0.923 bits per heavy atom. The first-order valence-electron chi connectivity index (χ1n) is 8.65. The summed E-state index contributed by atoms with van der Waals surface area (Å²) in [4.78, 5) is 8.45. The molecule has 0 atom stereocenters. The van der Waals surface area contributed by atoms with E-state index in [4.69, 9.17) is 0 Å². The lowest BCUT2D eigenvalue weighted by molar-refractivity contribution is 1.33. The minimum absolute atomic E-state index is 1.14. The van der Waals surface area contributed by atoms with Crippen molar-refractivity contribution in [3.8, 4) is 22.3 Å². The Labute approximate surface area is 151 Å². The Morgan fingerprint density at radius 1 is 0.423 bits per heavy atom. The average molecular weight is 332 g/mol. The Kier molecular flexibility index (Phi) is 3.46. The summed E-state index contributed by atoms with van der Waals surface area (Å²) < 4.78 is 0. The summed E-state index contributed by atoms with van der Waals surface area (Å²) in [5.74, 6) is 0. The van der Waals surface area contributed by atoms with Crippen molar-refractivity contribution in [2.75, 3.05) is 0 Å². The van der Waals surface area contributed by atoms with Crippen molar-refractivity contribution in [1.82, 2.24) is 9.97 Å². The Morgan fingerprint density at radius 3 is 1.35 bits per heavy atom. The van der Waals surface area contributed by atoms with Gasteiger partial charge >= 0.3 is 0 Å². The molecular weight excluding hydrogens is 316 g/mol. The number of rotatable bonds is 2. The van der Waals surface area contributed by atoms with Crippen molar-refractivity contribution in [3.05, 3.63) is 97.6 Å². The van der Waals surface area contributed by atoms with Gasteiger partial charge in [0.1, 0.15) is 0 Å². The summed E-state index contributed by atoms with van der Waals surface area (Å²) in [7, 11) is 0. The SMILES string of the molecule is c1cncc(-c2ccc3cc4cc(-c5cccnc5)ccc4cc3c2)c1. The molecule has 0 N–H and O–H groups in total. The second-order valence-corrected chi connectivity index (χ2v) is 6.46. The molecule has 2 aromatic heterocycles. The van der Waals surface area contributed by atoms with E-state index >= 15 is 0 Å². The minimum Gasteiger partial charge on any atom is -0.264 e. The summed E-state index contributed by atoms with van der Waals surface area (Å²) >= 11 is 0. The van der Waals surface area contributed by atoms with Crippen LogP contribution in [-0.2, 0) is 0 Å². The molecule has 2 nitrogen and oxygen atoms in total. The predicted octanol–water partition coefficient (Wildman–Crippen LogP) is 6.12. The third-order valence-electron chi connectivity index (χ3n) is 4.79. The molecule has 0 saturated carbocycles. The van der Waals surface area contributed by atoms with Crippen LogP contribution in [0.1, 0.15) is 0 Å². The van der Waals surface area contributed by atoms with Crippen LogP contribution in [0.25, 0.3) is 43.8 Å². The molecule has 0 bridgehead atoms. The Bertz CT molecular complexity index is 1110. The van der Waals surface area contributed by atoms with Gasteiger partial charge in [0.2, 0.25) is 0 Å². The van der Waals surface area contributed by atoms with Gasteiger partial charge in [-0.15, -0.1) is 0 Å². The minimum atomic E-state index is 1.14. The molecule has 5 aromatic rings. The van der Waals surface area contributed by atoms with Gasteiger partial charge in [-0.3, -0.25) is 9.97 Å². The number of pyridine rings is 2. The Hall–Kier alpha value is -3.52. The van der Waals surface area contributed by atoms with Gasteiger partial charge in [-0.1, -0.05) is 36.4 Å². The highest BCUT2D eigenvalue weighted by molar-refractivity contribution is 6.01. The zero-order valence-electron chi connectivity index (χ0n) is 14.1. The van der Waals surface area contributed by atoms with E-state index in [0.717, 1.165) is 11.1 Å². The number of hydrogen-bond acceptors (Lipinski definition) is 2. The van der Waals surface area contributed by atoms with Gasteiger partial charge in [-0.25, -0.2) is 0 Å². The molecule has 0 aliphatic heterocycles. The maximum atomic E-state index is 4.22. The molecule has 3 aromatic carbocycles. The second-order valence-electron chi connectivity index (χ2n) is 6.46. The van der Waals surface area contributed by atoms with E-state index < -0.39 is 0 Å². The zero-order chi connectivity index (χ0) is 17.3. The van der Waals surface area contributed by atoms with Crippen molar-refractivity contribution in [3.63, 3.8) is 0 Å². The average Bonchev–Trinajstić information content (AvgIpc) is 2.73. The normalized spacial score (nSPS) is 11.1. The van der Waals surface area contributed by atoms with Crippen LogP contribution in [-0.4, -0.2) is 9.97 Å². The summed E-state index contributed by atoms with van der Waals surface area (Å²) in [6.07, 6.45) is 7.42. The maximum absolute atomic E-state index is 4.22. The highest BCUT2D eigenvalue weighted by Gasteiger charge is 2.04. The highest BCUT2D eigenvalue weighted by Crippen LogP contribution is 2.30. The molecule has 0 saturated heterocycles. The molecular formula is C24H16N2. The van der Waals surface area contributed by atoms with Gasteiger partial charge in [0.15, 0.2) is 0 Å². The molecule has 26 heavy (non-hydrogen) atoms. The van der Waals surface area contributed by atoms with Gasteiger partial charge in [0, 0.05) is 35.9 Å². The van der Waals surface area contributed by atoms with Gasteiger partial charge in [0.05, 0.1) is 0 Å². The van der Waals surface area contributed by atoms with Crippen LogP contribution in [0, 0.1) is 0 Å². The van der Waals surface area contributed by atoms with E-state index in [-0.39, 0.29) is 0 Å². The van der Waals surface area contributed by atoms with E-state index in [1.807, 2.05) is 24.5 Å². The third-order valence-corrected chi connectivity index (χ3v) is 4.79. The highest BCUT2D eigenvalue weighted by atomic mass is 14.6. The van der Waals surface area contributed by atoms with E-state index in [2.05, 4.69) is 70.6 Å².